The minimum absolute atomic E-state index is 0.00661. The first-order chi connectivity index (χ1) is 16.0. The Bertz CT molecular complexity index is 1180. The number of unbranched alkanes of at least 4 members (excludes halogenated alkanes) is 1. The molecule has 0 aliphatic rings. The number of methoxy groups -OCH3 is 1. The molecule has 0 radical (unpaired) electrons. The molecule has 0 bridgehead atoms. The van der Waals surface area contributed by atoms with Crippen LogP contribution in [0.15, 0.2) is 56.7 Å². The van der Waals surface area contributed by atoms with E-state index in [9.17, 15) is 14.4 Å². The van der Waals surface area contributed by atoms with Crippen LogP contribution in [0, 0.1) is 0 Å². The number of H-pyrrole nitrogens is 1. The lowest BCUT2D eigenvalue weighted by molar-refractivity contribution is 0.0945. The predicted molar refractivity (Wildman–Crippen MR) is 124 cm³/mol. The third kappa shape index (κ3) is 5.53. The van der Waals surface area contributed by atoms with E-state index >= 15 is 0 Å². The van der Waals surface area contributed by atoms with Gasteiger partial charge in [-0.1, -0.05) is 31.5 Å². The maximum absolute atomic E-state index is 13.5. The molecule has 3 N–H and O–H groups in total. The predicted octanol–water partition coefficient (Wildman–Crippen LogP) is 2.38. The lowest BCUT2D eigenvalue weighted by Crippen LogP contribution is -2.42. The van der Waals surface area contributed by atoms with E-state index in [1.807, 2.05) is 25.1 Å². The summed E-state index contributed by atoms with van der Waals surface area (Å²) in [5.41, 5.74) is 5.21. The van der Waals surface area contributed by atoms with Gasteiger partial charge in [-0.05, 0) is 24.6 Å². The quantitative estimate of drug-likeness (QED) is 0.453. The van der Waals surface area contributed by atoms with Gasteiger partial charge in [0.05, 0.1) is 19.4 Å². The van der Waals surface area contributed by atoms with Crippen molar-refractivity contribution in [1.82, 2.24) is 9.55 Å². The summed E-state index contributed by atoms with van der Waals surface area (Å²) >= 11 is 0. The minimum Gasteiger partial charge on any atom is -0.489 e. The molecule has 176 valence electrons. The van der Waals surface area contributed by atoms with Gasteiger partial charge in [0.15, 0.2) is 11.4 Å². The number of amides is 1. The van der Waals surface area contributed by atoms with E-state index in [1.54, 1.807) is 18.2 Å². The van der Waals surface area contributed by atoms with Crippen molar-refractivity contribution in [2.24, 2.45) is 0 Å². The number of aromatic amines is 1. The highest BCUT2D eigenvalue weighted by atomic mass is 16.5. The number of nitrogens with two attached hydrogens (primary N) is 1. The van der Waals surface area contributed by atoms with Crippen LogP contribution in [0.4, 0.5) is 11.5 Å². The summed E-state index contributed by atoms with van der Waals surface area (Å²) in [6.07, 6.45) is 2.88. The topological polar surface area (TPSA) is 133 Å². The van der Waals surface area contributed by atoms with E-state index in [0.29, 0.717) is 24.3 Å². The fraction of sp³-hybridized carbons (Fsp3) is 0.348. The smallest absolute Gasteiger partial charge is 0.330 e. The van der Waals surface area contributed by atoms with Crippen LogP contribution in [0.2, 0.25) is 0 Å². The summed E-state index contributed by atoms with van der Waals surface area (Å²) in [7, 11) is 1.48. The first-order valence-corrected chi connectivity index (χ1v) is 10.7. The number of furan rings is 1. The summed E-state index contributed by atoms with van der Waals surface area (Å²) in [4.78, 5) is 41.9. The average molecular weight is 456 g/mol. The van der Waals surface area contributed by atoms with Gasteiger partial charge in [0.2, 0.25) is 0 Å². The van der Waals surface area contributed by atoms with E-state index in [-0.39, 0.29) is 37.0 Å². The third-order valence-electron chi connectivity index (χ3n) is 5.06. The summed E-state index contributed by atoms with van der Waals surface area (Å²) in [6.45, 7) is 2.53. The molecule has 0 aliphatic heterocycles. The van der Waals surface area contributed by atoms with Gasteiger partial charge in [0.25, 0.3) is 11.5 Å². The minimum atomic E-state index is -0.761. The molecule has 33 heavy (non-hydrogen) atoms. The Morgan fingerprint density at radius 1 is 1.21 bits per heavy atom. The Morgan fingerprint density at radius 2 is 1.97 bits per heavy atom. The number of rotatable bonds is 11. The standard InChI is InChI=1S/C23H28N4O6/c1-3-4-11-27-20(24)18(21(28)25-23(27)30)26(12-14-31-2)22(29)19-16(10-13-32-19)15-33-17-8-6-5-7-9-17/h5-10,13H,3-4,11-12,14-15,24H2,1-2H3,(H,25,28,30). The van der Waals surface area contributed by atoms with Crippen molar-refractivity contribution in [3.05, 3.63) is 74.8 Å². The number of nitrogens with zero attached hydrogens (tertiary/aromatic N) is 2. The maximum Gasteiger partial charge on any atom is 0.330 e. The first kappa shape index (κ1) is 23.9. The van der Waals surface area contributed by atoms with Crippen molar-refractivity contribution in [2.75, 3.05) is 30.9 Å². The van der Waals surface area contributed by atoms with Crippen LogP contribution >= 0.6 is 0 Å². The molecule has 0 atom stereocenters. The number of hydrogen-bond acceptors (Lipinski definition) is 7. The van der Waals surface area contributed by atoms with Crippen LogP contribution in [-0.4, -0.2) is 35.7 Å². The Morgan fingerprint density at radius 3 is 2.67 bits per heavy atom. The number of benzene rings is 1. The fourth-order valence-corrected chi connectivity index (χ4v) is 3.31. The number of carbonyl (C=O) groups excluding carboxylic acids is 1. The normalized spacial score (nSPS) is 10.8. The fourth-order valence-electron chi connectivity index (χ4n) is 3.31. The average Bonchev–Trinajstić information content (AvgIpc) is 3.28. The molecular weight excluding hydrogens is 428 g/mol. The van der Waals surface area contributed by atoms with Crippen LogP contribution in [-0.2, 0) is 17.9 Å². The molecule has 10 nitrogen and oxygen atoms in total. The van der Waals surface area contributed by atoms with E-state index in [0.717, 1.165) is 6.42 Å². The van der Waals surface area contributed by atoms with Crippen LogP contribution < -0.4 is 26.6 Å². The molecule has 3 aromatic rings. The van der Waals surface area contributed by atoms with Crippen molar-refractivity contribution in [1.29, 1.82) is 0 Å². The Hall–Kier alpha value is -3.79. The van der Waals surface area contributed by atoms with Crippen molar-refractivity contribution in [3.63, 3.8) is 0 Å². The molecule has 0 aliphatic carbocycles. The maximum atomic E-state index is 13.5. The lowest BCUT2D eigenvalue weighted by atomic mass is 10.2. The zero-order chi connectivity index (χ0) is 23.8. The number of hydrogen-bond donors (Lipinski definition) is 2. The number of nitrogens with one attached hydrogen (secondary N) is 1. The molecule has 0 saturated heterocycles. The number of carbonyl (C=O) groups is 1. The Balaban J connectivity index is 1.96. The van der Waals surface area contributed by atoms with Crippen molar-refractivity contribution < 1.29 is 18.7 Å². The van der Waals surface area contributed by atoms with Gasteiger partial charge < -0.3 is 19.6 Å². The molecular formula is C23H28N4O6. The molecule has 1 amide bonds. The first-order valence-electron chi connectivity index (χ1n) is 10.7. The van der Waals surface area contributed by atoms with Crippen molar-refractivity contribution >= 4 is 17.4 Å². The largest absolute Gasteiger partial charge is 0.489 e. The van der Waals surface area contributed by atoms with E-state index in [2.05, 4.69) is 4.98 Å². The summed E-state index contributed by atoms with van der Waals surface area (Å²) in [6, 6.07) is 10.8. The van der Waals surface area contributed by atoms with Gasteiger partial charge in [0, 0.05) is 19.2 Å². The van der Waals surface area contributed by atoms with Crippen LogP contribution in [0.1, 0.15) is 35.9 Å². The molecule has 0 saturated carbocycles. The molecule has 1 aromatic carbocycles. The number of ether oxygens (including phenoxy) is 2. The summed E-state index contributed by atoms with van der Waals surface area (Å²) < 4.78 is 17.6. The van der Waals surface area contributed by atoms with E-state index in [4.69, 9.17) is 19.6 Å². The molecule has 0 fully saturated rings. The second kappa shape index (κ2) is 11.2. The highest BCUT2D eigenvalue weighted by Crippen LogP contribution is 2.23. The Kier molecular flexibility index (Phi) is 8.09. The van der Waals surface area contributed by atoms with E-state index in [1.165, 1.54) is 22.8 Å². The summed E-state index contributed by atoms with van der Waals surface area (Å²) in [5.74, 6) is -0.0407. The van der Waals surface area contributed by atoms with Gasteiger partial charge in [-0.2, -0.15) is 0 Å². The SMILES string of the molecule is CCCCn1c(N)c(N(CCOC)C(=O)c2occc2COc2ccccc2)c(=O)[nH]c1=O. The van der Waals surface area contributed by atoms with Gasteiger partial charge >= 0.3 is 5.69 Å². The third-order valence-corrected chi connectivity index (χ3v) is 5.06. The van der Waals surface area contributed by atoms with Crippen LogP contribution in [0.25, 0.3) is 0 Å². The molecule has 0 spiro atoms. The van der Waals surface area contributed by atoms with Crippen molar-refractivity contribution in [3.8, 4) is 5.75 Å². The van der Waals surface area contributed by atoms with Gasteiger partial charge in [-0.3, -0.25) is 24.0 Å². The zero-order valence-electron chi connectivity index (χ0n) is 18.7. The number of nitrogen functional groups attached to an aromatic ring is 1. The van der Waals surface area contributed by atoms with E-state index < -0.39 is 17.2 Å². The molecule has 2 heterocycles. The van der Waals surface area contributed by atoms with Gasteiger partial charge in [-0.15, -0.1) is 0 Å². The van der Waals surface area contributed by atoms with Crippen LogP contribution in [0.5, 0.6) is 5.75 Å². The molecule has 2 aromatic heterocycles. The second-order valence-corrected chi connectivity index (χ2v) is 7.32. The molecule has 10 heteroatoms. The number of anilines is 2. The van der Waals surface area contributed by atoms with Gasteiger partial charge in [-0.25, -0.2) is 4.79 Å². The van der Waals surface area contributed by atoms with Crippen LogP contribution in [0.3, 0.4) is 0 Å². The Labute approximate surface area is 190 Å². The highest BCUT2D eigenvalue weighted by Gasteiger charge is 2.28. The second-order valence-electron chi connectivity index (χ2n) is 7.32. The number of aromatic nitrogens is 2. The monoisotopic (exact) mass is 456 g/mol. The lowest BCUT2D eigenvalue weighted by Gasteiger charge is -2.24. The summed E-state index contributed by atoms with van der Waals surface area (Å²) in [5, 5.41) is 0. The number of para-hydroxylation sites is 1. The zero-order valence-corrected chi connectivity index (χ0v) is 18.7. The highest BCUT2D eigenvalue weighted by molar-refractivity contribution is 6.06. The van der Waals surface area contributed by atoms with Gasteiger partial charge in [0.1, 0.15) is 18.2 Å². The molecule has 0 unspecified atom stereocenters. The van der Waals surface area contributed by atoms with Crippen molar-refractivity contribution in [2.45, 2.75) is 32.9 Å². The molecule has 3 rings (SSSR count).